The smallest absolute Gasteiger partial charge is 0.229 e. The fraction of sp³-hybridized carbons (Fsp3) is 0.444. The summed E-state index contributed by atoms with van der Waals surface area (Å²) in [7, 11) is 0. The minimum Gasteiger partial charge on any atom is -0.328 e. The van der Waals surface area contributed by atoms with Crippen molar-refractivity contribution < 1.29 is 4.79 Å². The number of nitrogens with zero attached hydrogens (tertiary/aromatic N) is 1. The summed E-state index contributed by atoms with van der Waals surface area (Å²) in [4.78, 5) is 17.0. The van der Waals surface area contributed by atoms with Crippen molar-refractivity contribution in [3.8, 4) is 11.3 Å². The van der Waals surface area contributed by atoms with Crippen LogP contribution in [-0.2, 0) is 4.79 Å². The van der Waals surface area contributed by atoms with E-state index in [0.717, 1.165) is 36.9 Å². The predicted octanol–water partition coefficient (Wildman–Crippen LogP) is 4.30. The van der Waals surface area contributed by atoms with Gasteiger partial charge in [0, 0.05) is 22.9 Å². The number of aromatic nitrogens is 1. The number of aryl methyl sites for hydroxylation is 2. The van der Waals surface area contributed by atoms with Crippen LogP contribution in [-0.4, -0.2) is 16.9 Å². The van der Waals surface area contributed by atoms with Gasteiger partial charge in [-0.2, -0.15) is 0 Å². The maximum Gasteiger partial charge on any atom is 0.229 e. The predicted molar refractivity (Wildman–Crippen MR) is 103 cm³/mol. The Morgan fingerprint density at radius 3 is 2.83 bits per heavy atom. The number of amides is 1. The summed E-state index contributed by atoms with van der Waals surface area (Å²) in [6, 6.07) is 6.48. The van der Waals surface area contributed by atoms with Crippen LogP contribution in [0.1, 0.15) is 36.8 Å². The van der Waals surface area contributed by atoms with Crippen LogP contribution in [0.15, 0.2) is 23.6 Å². The van der Waals surface area contributed by atoms with Crippen LogP contribution in [0.3, 0.4) is 0 Å². The van der Waals surface area contributed by atoms with E-state index in [-0.39, 0.29) is 30.3 Å². The van der Waals surface area contributed by atoms with Gasteiger partial charge in [-0.3, -0.25) is 4.79 Å². The highest BCUT2D eigenvalue weighted by molar-refractivity contribution is 7.14. The first-order valence-electron chi connectivity index (χ1n) is 8.12. The molecule has 2 atom stereocenters. The molecule has 1 aliphatic rings. The third-order valence-corrected chi connectivity index (χ3v) is 5.24. The average Bonchev–Trinajstić information content (AvgIpc) is 2.95. The van der Waals surface area contributed by atoms with Gasteiger partial charge >= 0.3 is 0 Å². The molecule has 3 N–H and O–H groups in total. The van der Waals surface area contributed by atoms with Gasteiger partial charge in [-0.25, -0.2) is 4.98 Å². The SMILES string of the molecule is Cc1ccc(-c2csc(NC(=O)C3CCCC(N)C3)n2)c(C)c1.Cl. The lowest BCUT2D eigenvalue weighted by Gasteiger charge is -2.25. The summed E-state index contributed by atoms with van der Waals surface area (Å²) >= 11 is 1.48. The maximum atomic E-state index is 12.4. The number of carbonyl (C=O) groups is 1. The Morgan fingerprint density at radius 1 is 1.33 bits per heavy atom. The van der Waals surface area contributed by atoms with Gasteiger partial charge in [0.25, 0.3) is 0 Å². The molecule has 0 spiro atoms. The molecular formula is C18H24ClN3OS. The van der Waals surface area contributed by atoms with Crippen molar-refractivity contribution in [2.75, 3.05) is 5.32 Å². The Kier molecular flexibility index (Phi) is 6.38. The van der Waals surface area contributed by atoms with Crippen LogP contribution in [0.25, 0.3) is 11.3 Å². The maximum absolute atomic E-state index is 12.4. The summed E-state index contributed by atoms with van der Waals surface area (Å²) in [6.07, 6.45) is 3.76. The molecule has 1 aromatic heterocycles. The Labute approximate surface area is 153 Å². The normalized spacial score (nSPS) is 20.3. The second-order valence-electron chi connectivity index (χ2n) is 6.47. The fourth-order valence-corrected chi connectivity index (χ4v) is 3.94. The van der Waals surface area contributed by atoms with E-state index in [0.29, 0.717) is 5.13 Å². The highest BCUT2D eigenvalue weighted by Crippen LogP contribution is 2.29. The molecule has 1 heterocycles. The van der Waals surface area contributed by atoms with Crippen molar-refractivity contribution >= 4 is 34.8 Å². The number of carbonyl (C=O) groups excluding carboxylic acids is 1. The Balaban J connectivity index is 0.00000208. The molecule has 0 radical (unpaired) electrons. The lowest BCUT2D eigenvalue weighted by molar-refractivity contribution is -0.120. The summed E-state index contributed by atoms with van der Waals surface area (Å²) in [5.74, 6) is 0.0777. The van der Waals surface area contributed by atoms with Crippen molar-refractivity contribution in [1.82, 2.24) is 4.98 Å². The lowest BCUT2D eigenvalue weighted by atomic mass is 9.86. The Bertz CT molecular complexity index is 716. The van der Waals surface area contributed by atoms with Crippen LogP contribution in [0.2, 0.25) is 0 Å². The summed E-state index contributed by atoms with van der Waals surface area (Å²) in [5.41, 5.74) is 10.4. The molecule has 2 aromatic rings. The second kappa shape index (κ2) is 8.10. The zero-order valence-electron chi connectivity index (χ0n) is 14.0. The number of anilines is 1. The van der Waals surface area contributed by atoms with Crippen LogP contribution in [0.4, 0.5) is 5.13 Å². The minimum atomic E-state index is 0. The highest BCUT2D eigenvalue weighted by Gasteiger charge is 2.25. The van der Waals surface area contributed by atoms with E-state index in [4.69, 9.17) is 5.73 Å². The lowest BCUT2D eigenvalue weighted by Crippen LogP contribution is -2.34. The largest absolute Gasteiger partial charge is 0.328 e. The van der Waals surface area contributed by atoms with Crippen molar-refractivity contribution in [3.63, 3.8) is 0 Å². The van der Waals surface area contributed by atoms with Gasteiger partial charge < -0.3 is 11.1 Å². The molecule has 1 aliphatic carbocycles. The van der Waals surface area contributed by atoms with Gasteiger partial charge in [-0.15, -0.1) is 23.7 Å². The summed E-state index contributed by atoms with van der Waals surface area (Å²) < 4.78 is 0. The van der Waals surface area contributed by atoms with Gasteiger partial charge in [0.15, 0.2) is 5.13 Å². The molecule has 1 aromatic carbocycles. The fourth-order valence-electron chi connectivity index (χ4n) is 3.23. The number of nitrogens with two attached hydrogens (primary N) is 1. The van der Waals surface area contributed by atoms with Gasteiger partial charge in [0.2, 0.25) is 5.91 Å². The van der Waals surface area contributed by atoms with Crippen LogP contribution in [0, 0.1) is 19.8 Å². The van der Waals surface area contributed by atoms with Crippen LogP contribution >= 0.6 is 23.7 Å². The monoisotopic (exact) mass is 365 g/mol. The Morgan fingerprint density at radius 2 is 2.12 bits per heavy atom. The summed E-state index contributed by atoms with van der Waals surface area (Å²) in [5, 5.41) is 5.64. The van der Waals surface area contributed by atoms with Gasteiger partial charge in [-0.05, 0) is 38.7 Å². The number of nitrogens with one attached hydrogen (secondary N) is 1. The number of hydrogen-bond acceptors (Lipinski definition) is 4. The molecule has 0 aliphatic heterocycles. The molecule has 0 bridgehead atoms. The van der Waals surface area contributed by atoms with E-state index in [1.54, 1.807) is 0 Å². The number of rotatable bonds is 3. The first-order valence-corrected chi connectivity index (χ1v) is 9.00. The molecule has 6 heteroatoms. The zero-order chi connectivity index (χ0) is 16.4. The van der Waals surface area contributed by atoms with E-state index in [1.807, 2.05) is 5.38 Å². The van der Waals surface area contributed by atoms with E-state index >= 15 is 0 Å². The van der Waals surface area contributed by atoms with Gasteiger partial charge in [0.1, 0.15) is 0 Å². The average molecular weight is 366 g/mol. The molecule has 3 rings (SSSR count). The molecule has 4 nitrogen and oxygen atoms in total. The summed E-state index contributed by atoms with van der Waals surface area (Å²) in [6.45, 7) is 4.17. The number of thiazole rings is 1. The molecular weight excluding hydrogens is 342 g/mol. The van der Waals surface area contributed by atoms with Crippen molar-refractivity contribution in [1.29, 1.82) is 0 Å². The van der Waals surface area contributed by atoms with E-state index < -0.39 is 0 Å². The third-order valence-electron chi connectivity index (χ3n) is 4.48. The van der Waals surface area contributed by atoms with Crippen molar-refractivity contribution in [2.45, 2.75) is 45.6 Å². The van der Waals surface area contributed by atoms with Crippen LogP contribution < -0.4 is 11.1 Å². The zero-order valence-corrected chi connectivity index (χ0v) is 15.7. The second-order valence-corrected chi connectivity index (χ2v) is 7.33. The molecule has 1 fully saturated rings. The number of benzene rings is 1. The Hall–Kier alpha value is -1.43. The topological polar surface area (TPSA) is 68.0 Å². The van der Waals surface area contributed by atoms with Crippen LogP contribution in [0.5, 0.6) is 0 Å². The number of hydrogen-bond donors (Lipinski definition) is 2. The molecule has 130 valence electrons. The molecule has 24 heavy (non-hydrogen) atoms. The molecule has 0 saturated heterocycles. The van der Waals surface area contributed by atoms with E-state index in [1.165, 1.54) is 22.5 Å². The first-order chi connectivity index (χ1) is 11.0. The van der Waals surface area contributed by atoms with Gasteiger partial charge in [-0.1, -0.05) is 30.2 Å². The first kappa shape index (κ1) is 18.9. The highest BCUT2D eigenvalue weighted by atomic mass is 35.5. The molecule has 1 amide bonds. The molecule has 2 unspecified atom stereocenters. The van der Waals surface area contributed by atoms with E-state index in [9.17, 15) is 4.79 Å². The van der Waals surface area contributed by atoms with E-state index in [2.05, 4.69) is 42.3 Å². The minimum absolute atomic E-state index is 0. The van der Waals surface area contributed by atoms with Crippen molar-refractivity contribution in [2.24, 2.45) is 11.7 Å². The van der Waals surface area contributed by atoms with Gasteiger partial charge in [0.05, 0.1) is 5.69 Å². The number of halogens is 1. The van der Waals surface area contributed by atoms with Crippen molar-refractivity contribution in [3.05, 3.63) is 34.7 Å². The molecule has 1 saturated carbocycles. The standard InChI is InChI=1S/C18H23N3OS.ClH/c1-11-6-7-15(12(2)8-11)16-10-23-18(20-16)21-17(22)13-4-3-5-14(19)9-13;/h6-8,10,13-14H,3-5,9,19H2,1-2H3,(H,20,21,22);1H. The quantitative estimate of drug-likeness (QED) is 0.851. The third kappa shape index (κ3) is 4.35.